The van der Waals surface area contributed by atoms with Crippen LogP contribution in [0.15, 0.2) is 18.2 Å². The Hall–Kier alpha value is -0.860. The molecule has 0 saturated carbocycles. The van der Waals surface area contributed by atoms with Crippen molar-refractivity contribution in [1.29, 1.82) is 0 Å². The highest BCUT2D eigenvalue weighted by Crippen LogP contribution is 2.32. The van der Waals surface area contributed by atoms with Crippen LogP contribution in [0.5, 0.6) is 0 Å². The number of rotatable bonds is 6. The molecule has 0 radical (unpaired) electrons. The number of nitrogens with zero attached hydrogens (tertiary/aromatic N) is 1. The lowest BCUT2D eigenvalue weighted by molar-refractivity contribution is 0.285. The molecule has 1 aliphatic rings. The molecule has 0 saturated heterocycles. The van der Waals surface area contributed by atoms with E-state index in [2.05, 4.69) is 63.3 Å². The molecule has 20 heavy (non-hydrogen) atoms. The van der Waals surface area contributed by atoms with Gasteiger partial charge >= 0.3 is 0 Å². The molecule has 1 aromatic rings. The Balaban J connectivity index is 2.07. The van der Waals surface area contributed by atoms with E-state index in [4.69, 9.17) is 0 Å². The Morgan fingerprint density at radius 3 is 2.70 bits per heavy atom. The van der Waals surface area contributed by atoms with Crippen LogP contribution in [0, 0.1) is 12.8 Å². The summed E-state index contributed by atoms with van der Waals surface area (Å²) in [5, 5.41) is 3.92. The summed E-state index contributed by atoms with van der Waals surface area (Å²) in [4.78, 5) is 2.30. The van der Waals surface area contributed by atoms with Crippen molar-refractivity contribution in [1.82, 2.24) is 10.2 Å². The Kier molecular flexibility index (Phi) is 5.22. The fourth-order valence-electron chi connectivity index (χ4n) is 3.38. The van der Waals surface area contributed by atoms with Crippen molar-refractivity contribution in [2.75, 3.05) is 20.6 Å². The van der Waals surface area contributed by atoms with Crippen LogP contribution in [0.25, 0.3) is 0 Å². The summed E-state index contributed by atoms with van der Waals surface area (Å²) in [6.07, 6.45) is 3.72. The van der Waals surface area contributed by atoms with Crippen LogP contribution < -0.4 is 5.32 Å². The second-order valence-electron chi connectivity index (χ2n) is 7.05. The van der Waals surface area contributed by atoms with Crippen LogP contribution in [0.1, 0.15) is 49.4 Å². The number of likely N-dealkylation sites (N-methyl/N-ethyl adjacent to an activating group) is 1. The molecular weight excluding hydrogens is 244 g/mol. The van der Waals surface area contributed by atoms with Crippen molar-refractivity contribution in [2.24, 2.45) is 5.92 Å². The molecule has 0 amide bonds. The lowest BCUT2D eigenvalue weighted by Gasteiger charge is -2.28. The fourth-order valence-corrected chi connectivity index (χ4v) is 3.38. The average molecular weight is 274 g/mol. The van der Waals surface area contributed by atoms with Crippen molar-refractivity contribution >= 4 is 0 Å². The smallest absolute Gasteiger partial charge is 0.0329 e. The van der Waals surface area contributed by atoms with E-state index in [-0.39, 0.29) is 0 Å². The second kappa shape index (κ2) is 6.73. The quantitative estimate of drug-likeness (QED) is 0.853. The van der Waals surface area contributed by atoms with E-state index in [1.807, 2.05) is 0 Å². The molecule has 1 aromatic carbocycles. The normalized spacial score (nSPS) is 19.6. The van der Waals surface area contributed by atoms with Crippen LogP contribution in [0.3, 0.4) is 0 Å². The summed E-state index contributed by atoms with van der Waals surface area (Å²) in [6, 6.07) is 8.07. The minimum absolute atomic E-state index is 0.550. The van der Waals surface area contributed by atoms with Gasteiger partial charge in [-0.15, -0.1) is 0 Å². The molecular formula is C18H30N2. The molecule has 1 aliphatic carbocycles. The minimum Gasteiger partial charge on any atom is -0.308 e. The first-order valence-corrected chi connectivity index (χ1v) is 7.96. The van der Waals surface area contributed by atoms with E-state index < -0.39 is 0 Å². The standard InChI is InChI=1S/C18H30N2/c1-13(2)10-16(12-20(4)5)19-18-9-8-15-7-6-14(3)11-17(15)18/h6-7,11,13,16,18-19H,8-10,12H2,1-5H3. The second-order valence-corrected chi connectivity index (χ2v) is 7.05. The maximum absolute atomic E-state index is 3.92. The van der Waals surface area contributed by atoms with Crippen LogP contribution in [-0.2, 0) is 6.42 Å². The molecule has 0 aliphatic heterocycles. The number of hydrogen-bond donors (Lipinski definition) is 1. The zero-order chi connectivity index (χ0) is 14.7. The van der Waals surface area contributed by atoms with E-state index in [0.717, 1.165) is 12.5 Å². The maximum Gasteiger partial charge on any atom is 0.0329 e. The van der Waals surface area contributed by atoms with Gasteiger partial charge < -0.3 is 10.2 Å². The molecule has 2 atom stereocenters. The van der Waals surface area contributed by atoms with Gasteiger partial charge in [0.05, 0.1) is 0 Å². The van der Waals surface area contributed by atoms with Crippen LogP contribution in [0.4, 0.5) is 0 Å². The van der Waals surface area contributed by atoms with Crippen molar-refractivity contribution in [3.8, 4) is 0 Å². The highest BCUT2D eigenvalue weighted by atomic mass is 15.1. The van der Waals surface area contributed by atoms with E-state index in [9.17, 15) is 0 Å². The SMILES string of the molecule is Cc1ccc2c(c1)C(NC(CC(C)C)CN(C)C)CC2. The first kappa shape index (κ1) is 15.5. The van der Waals surface area contributed by atoms with Crippen molar-refractivity contribution < 1.29 is 0 Å². The van der Waals surface area contributed by atoms with E-state index in [1.54, 1.807) is 5.56 Å². The molecule has 0 heterocycles. The fraction of sp³-hybridized carbons (Fsp3) is 0.667. The highest BCUT2D eigenvalue weighted by Gasteiger charge is 2.25. The third-order valence-corrected chi connectivity index (χ3v) is 4.16. The summed E-state index contributed by atoms with van der Waals surface area (Å²) in [6.45, 7) is 7.95. The van der Waals surface area contributed by atoms with Crippen molar-refractivity contribution in [3.63, 3.8) is 0 Å². The van der Waals surface area contributed by atoms with E-state index in [1.165, 1.54) is 30.4 Å². The third-order valence-electron chi connectivity index (χ3n) is 4.16. The van der Waals surface area contributed by atoms with Crippen molar-refractivity contribution in [2.45, 2.75) is 52.1 Å². The predicted octanol–water partition coefficient (Wildman–Crippen LogP) is 3.55. The molecule has 2 rings (SSSR count). The van der Waals surface area contributed by atoms with Gasteiger partial charge in [0.1, 0.15) is 0 Å². The van der Waals surface area contributed by atoms with Gasteiger partial charge in [-0.25, -0.2) is 0 Å². The zero-order valence-corrected chi connectivity index (χ0v) is 13.7. The predicted molar refractivity (Wildman–Crippen MR) is 87.2 cm³/mol. The van der Waals surface area contributed by atoms with Crippen LogP contribution in [-0.4, -0.2) is 31.6 Å². The molecule has 1 N–H and O–H groups in total. The lowest BCUT2D eigenvalue weighted by atomic mass is 10.00. The van der Waals surface area contributed by atoms with Gasteiger partial charge in [0.2, 0.25) is 0 Å². The molecule has 0 fully saturated rings. The van der Waals surface area contributed by atoms with Gasteiger partial charge in [0.15, 0.2) is 0 Å². The van der Waals surface area contributed by atoms with E-state index in [0.29, 0.717) is 12.1 Å². The average Bonchev–Trinajstić information content (AvgIpc) is 2.70. The number of fused-ring (bicyclic) bond motifs is 1. The summed E-state index contributed by atoms with van der Waals surface area (Å²) >= 11 is 0. The molecule has 112 valence electrons. The molecule has 2 nitrogen and oxygen atoms in total. The largest absolute Gasteiger partial charge is 0.308 e. The summed E-state index contributed by atoms with van der Waals surface area (Å²) in [7, 11) is 4.34. The Morgan fingerprint density at radius 1 is 1.30 bits per heavy atom. The zero-order valence-electron chi connectivity index (χ0n) is 13.7. The first-order chi connectivity index (χ1) is 9.45. The lowest BCUT2D eigenvalue weighted by Crippen LogP contribution is -2.40. The van der Waals surface area contributed by atoms with Gasteiger partial charge in [0.25, 0.3) is 0 Å². The van der Waals surface area contributed by atoms with Gasteiger partial charge in [-0.2, -0.15) is 0 Å². The number of aryl methyl sites for hydroxylation is 2. The van der Waals surface area contributed by atoms with Gasteiger partial charge in [-0.05, 0) is 57.3 Å². The van der Waals surface area contributed by atoms with Crippen LogP contribution in [0.2, 0.25) is 0 Å². The number of benzene rings is 1. The van der Waals surface area contributed by atoms with Crippen molar-refractivity contribution in [3.05, 3.63) is 34.9 Å². The summed E-state index contributed by atoms with van der Waals surface area (Å²) < 4.78 is 0. The molecule has 2 unspecified atom stereocenters. The van der Waals surface area contributed by atoms with E-state index >= 15 is 0 Å². The molecule has 2 heteroatoms. The summed E-state index contributed by atoms with van der Waals surface area (Å²) in [5.41, 5.74) is 4.46. The highest BCUT2D eigenvalue weighted by molar-refractivity contribution is 5.37. The Bertz CT molecular complexity index is 427. The van der Waals surface area contributed by atoms with Gasteiger partial charge in [-0.3, -0.25) is 0 Å². The molecule has 0 spiro atoms. The Morgan fingerprint density at radius 2 is 2.05 bits per heavy atom. The topological polar surface area (TPSA) is 15.3 Å². The van der Waals surface area contributed by atoms with Gasteiger partial charge in [0, 0.05) is 18.6 Å². The first-order valence-electron chi connectivity index (χ1n) is 7.96. The monoisotopic (exact) mass is 274 g/mol. The summed E-state index contributed by atoms with van der Waals surface area (Å²) in [5.74, 6) is 0.742. The Labute approximate surface area is 124 Å². The minimum atomic E-state index is 0.550. The molecule has 0 bridgehead atoms. The maximum atomic E-state index is 3.92. The number of hydrogen-bond acceptors (Lipinski definition) is 2. The third kappa shape index (κ3) is 4.07. The molecule has 0 aromatic heterocycles. The van der Waals surface area contributed by atoms with Gasteiger partial charge in [-0.1, -0.05) is 37.6 Å². The van der Waals surface area contributed by atoms with Crippen LogP contribution >= 0.6 is 0 Å². The number of nitrogens with one attached hydrogen (secondary N) is 1.